The average molecular weight is 434 g/mol. The van der Waals surface area contributed by atoms with E-state index in [9.17, 15) is 14.4 Å². The Morgan fingerprint density at radius 1 is 0.879 bits per heavy atom. The highest BCUT2D eigenvalue weighted by molar-refractivity contribution is 6.50. The molecule has 0 bridgehead atoms. The number of carbonyl (C=O) groups is 3. The van der Waals surface area contributed by atoms with Gasteiger partial charge in [-0.15, -0.1) is 0 Å². The number of hydrogen-bond acceptors (Lipinski definition) is 6. The van der Waals surface area contributed by atoms with Crippen LogP contribution in [0.1, 0.15) is 22.6 Å². The van der Waals surface area contributed by atoms with Gasteiger partial charge in [0.25, 0.3) is 5.91 Å². The van der Waals surface area contributed by atoms with Gasteiger partial charge in [0.05, 0.1) is 23.2 Å². The number of ketones is 1. The third-order valence-corrected chi connectivity index (χ3v) is 5.96. The van der Waals surface area contributed by atoms with Gasteiger partial charge in [0.2, 0.25) is 5.91 Å². The van der Waals surface area contributed by atoms with Crippen LogP contribution >= 0.6 is 0 Å². The summed E-state index contributed by atoms with van der Waals surface area (Å²) in [5, 5.41) is 13.2. The zero-order valence-electron chi connectivity index (χ0n) is 17.4. The molecule has 2 amide bonds. The number of Topliss-reactive ketones (excluding diaryl/α,β-unsaturated/α-hetero) is 1. The van der Waals surface area contributed by atoms with Crippen LogP contribution in [-0.4, -0.2) is 29.4 Å². The molecule has 0 aromatic heterocycles. The molecule has 7 nitrogen and oxygen atoms in total. The molecule has 0 aliphatic carbocycles. The zero-order valence-corrected chi connectivity index (χ0v) is 17.4. The van der Waals surface area contributed by atoms with Gasteiger partial charge in [0, 0.05) is 0 Å². The van der Waals surface area contributed by atoms with E-state index in [2.05, 4.69) is 10.5 Å². The molecule has 0 spiro atoms. The van der Waals surface area contributed by atoms with Crippen LogP contribution in [-0.2, 0) is 14.4 Å². The van der Waals surface area contributed by atoms with E-state index in [1.807, 2.05) is 66.7 Å². The van der Waals surface area contributed by atoms with Gasteiger partial charge >= 0.3 is 0 Å². The van der Waals surface area contributed by atoms with Gasteiger partial charge in [-0.1, -0.05) is 60.7 Å². The zero-order chi connectivity index (χ0) is 22.9. The minimum Gasteiger partial charge on any atom is -0.296 e. The lowest BCUT2D eigenvalue weighted by Crippen LogP contribution is -2.36. The number of nitriles is 1. The number of nitrogens with one attached hydrogen (secondary N) is 1. The van der Waals surface area contributed by atoms with Crippen LogP contribution in [0.4, 0.5) is 5.69 Å². The van der Waals surface area contributed by atoms with Crippen molar-refractivity contribution in [2.24, 2.45) is 11.0 Å². The lowest BCUT2D eigenvalue weighted by molar-refractivity contribution is -0.122. The maximum absolute atomic E-state index is 13.8. The summed E-state index contributed by atoms with van der Waals surface area (Å²) in [6.45, 7) is 0. The first-order valence-corrected chi connectivity index (χ1v) is 10.5. The standard InChI is InChI=1S/C26H18N4O3/c27-15-16-11-13-19(14-12-16)30-25(32)21-22(28-29-23(21)26(30)33)24(31)20(17-7-3-1-4-8-17)18-9-5-2-6-10-18/h1-14,20-21,23,29H/t21-,23-/m0/s1. The maximum atomic E-state index is 13.8. The SMILES string of the molecule is N#Cc1ccc(N2C(=O)[C@H]3C(C(=O)C(c4ccccc4)c4ccccc4)=NN[C@@H]3C2=O)cc1. The first-order chi connectivity index (χ1) is 16.1. The number of hydrazone groups is 1. The highest BCUT2D eigenvalue weighted by Gasteiger charge is 2.55. The Balaban J connectivity index is 1.50. The van der Waals surface area contributed by atoms with Gasteiger partial charge in [-0.2, -0.15) is 10.4 Å². The third kappa shape index (κ3) is 3.38. The third-order valence-electron chi connectivity index (χ3n) is 5.96. The molecule has 1 fully saturated rings. The van der Waals surface area contributed by atoms with E-state index in [-0.39, 0.29) is 11.5 Å². The number of benzene rings is 3. The Hall–Kier alpha value is -4.57. The van der Waals surface area contributed by atoms with E-state index in [0.717, 1.165) is 16.0 Å². The lowest BCUT2D eigenvalue weighted by atomic mass is 9.82. The van der Waals surface area contributed by atoms with Crippen molar-refractivity contribution in [1.82, 2.24) is 5.43 Å². The maximum Gasteiger partial charge on any atom is 0.259 e. The van der Waals surface area contributed by atoms with Gasteiger partial charge in [0.1, 0.15) is 17.7 Å². The molecular formula is C26H18N4O3. The number of carbonyl (C=O) groups excluding carboxylic acids is 3. The molecule has 1 N–H and O–H groups in total. The molecule has 2 aliphatic heterocycles. The second-order valence-electron chi connectivity index (χ2n) is 7.87. The number of amides is 2. The Labute approximate surface area is 190 Å². The monoisotopic (exact) mass is 434 g/mol. The summed E-state index contributed by atoms with van der Waals surface area (Å²) < 4.78 is 0. The highest BCUT2D eigenvalue weighted by atomic mass is 16.2. The van der Waals surface area contributed by atoms with Crippen LogP contribution in [0.25, 0.3) is 0 Å². The van der Waals surface area contributed by atoms with Crippen LogP contribution in [0, 0.1) is 17.2 Å². The Kier molecular flexibility index (Phi) is 5.04. The number of rotatable bonds is 5. The summed E-state index contributed by atoms with van der Waals surface area (Å²) in [7, 11) is 0. The number of fused-ring (bicyclic) bond motifs is 1. The molecule has 5 rings (SSSR count). The van der Waals surface area contributed by atoms with Crippen molar-refractivity contribution >= 4 is 29.0 Å². The molecule has 3 aromatic carbocycles. The second kappa shape index (κ2) is 8.17. The van der Waals surface area contributed by atoms with Crippen LogP contribution in [0.5, 0.6) is 0 Å². The lowest BCUT2D eigenvalue weighted by Gasteiger charge is -2.19. The van der Waals surface area contributed by atoms with Gasteiger partial charge in [-0.05, 0) is 35.4 Å². The Morgan fingerprint density at radius 3 is 2.00 bits per heavy atom. The largest absolute Gasteiger partial charge is 0.296 e. The molecule has 1 saturated heterocycles. The van der Waals surface area contributed by atoms with Crippen molar-refractivity contribution in [3.8, 4) is 6.07 Å². The number of anilines is 1. The van der Waals surface area contributed by atoms with Crippen molar-refractivity contribution in [3.05, 3.63) is 102 Å². The summed E-state index contributed by atoms with van der Waals surface area (Å²) >= 11 is 0. The molecular weight excluding hydrogens is 416 g/mol. The molecule has 2 heterocycles. The molecule has 2 aliphatic rings. The fourth-order valence-electron chi connectivity index (χ4n) is 4.37. The molecule has 0 saturated carbocycles. The summed E-state index contributed by atoms with van der Waals surface area (Å²) in [6, 6.07) is 25.9. The molecule has 0 unspecified atom stereocenters. The number of nitrogens with zero attached hydrogens (tertiary/aromatic N) is 3. The van der Waals surface area contributed by atoms with Gasteiger partial charge < -0.3 is 0 Å². The quantitative estimate of drug-likeness (QED) is 0.622. The van der Waals surface area contributed by atoms with Crippen LogP contribution in [0.3, 0.4) is 0 Å². The van der Waals surface area contributed by atoms with Crippen molar-refractivity contribution < 1.29 is 14.4 Å². The normalized spacial score (nSPS) is 19.2. The van der Waals surface area contributed by atoms with Crippen LogP contribution < -0.4 is 10.3 Å². The summed E-state index contributed by atoms with van der Waals surface area (Å²) in [4.78, 5) is 41.2. The molecule has 0 radical (unpaired) electrons. The van der Waals surface area contributed by atoms with E-state index in [4.69, 9.17) is 5.26 Å². The minimum absolute atomic E-state index is 0.0483. The van der Waals surface area contributed by atoms with E-state index in [1.54, 1.807) is 24.3 Å². The van der Waals surface area contributed by atoms with Gasteiger partial charge in [-0.25, -0.2) is 4.90 Å². The predicted octanol–water partition coefficient (Wildman–Crippen LogP) is 2.78. The van der Waals surface area contributed by atoms with Gasteiger partial charge in [0.15, 0.2) is 5.78 Å². The first kappa shape index (κ1) is 20.3. The molecule has 7 heteroatoms. The molecule has 160 valence electrons. The van der Waals surface area contributed by atoms with E-state index < -0.39 is 29.7 Å². The fourth-order valence-corrected chi connectivity index (χ4v) is 4.37. The highest BCUT2D eigenvalue weighted by Crippen LogP contribution is 2.34. The smallest absolute Gasteiger partial charge is 0.259 e. The van der Waals surface area contributed by atoms with Crippen LogP contribution in [0.15, 0.2) is 90.0 Å². The number of imide groups is 1. The summed E-state index contributed by atoms with van der Waals surface area (Å²) in [5.74, 6) is -2.96. The molecule has 2 atom stereocenters. The Bertz CT molecular complexity index is 1270. The summed E-state index contributed by atoms with van der Waals surface area (Å²) in [5.41, 5.74) is 5.09. The van der Waals surface area contributed by atoms with Crippen molar-refractivity contribution in [2.45, 2.75) is 12.0 Å². The van der Waals surface area contributed by atoms with Crippen molar-refractivity contribution in [2.75, 3.05) is 4.90 Å². The predicted molar refractivity (Wildman–Crippen MR) is 121 cm³/mol. The molecule has 33 heavy (non-hydrogen) atoms. The average Bonchev–Trinajstić information content (AvgIpc) is 3.40. The van der Waals surface area contributed by atoms with Crippen LogP contribution in [0.2, 0.25) is 0 Å². The van der Waals surface area contributed by atoms with E-state index >= 15 is 0 Å². The topological polar surface area (TPSA) is 103 Å². The second-order valence-corrected chi connectivity index (χ2v) is 7.87. The molecule has 3 aromatic rings. The van der Waals surface area contributed by atoms with E-state index in [0.29, 0.717) is 11.3 Å². The summed E-state index contributed by atoms with van der Waals surface area (Å²) in [6.07, 6.45) is 0. The van der Waals surface area contributed by atoms with Gasteiger partial charge in [-0.3, -0.25) is 19.8 Å². The number of hydrogen-bond donors (Lipinski definition) is 1. The first-order valence-electron chi connectivity index (χ1n) is 10.5. The van der Waals surface area contributed by atoms with Crippen molar-refractivity contribution in [3.63, 3.8) is 0 Å². The Morgan fingerprint density at radius 2 is 1.45 bits per heavy atom. The van der Waals surface area contributed by atoms with E-state index in [1.165, 1.54) is 0 Å². The minimum atomic E-state index is -1.00. The van der Waals surface area contributed by atoms with Crippen molar-refractivity contribution in [1.29, 1.82) is 5.26 Å². The fraction of sp³-hybridized carbons (Fsp3) is 0.115.